The fourth-order valence-electron chi connectivity index (χ4n) is 7.22. The lowest BCUT2D eigenvalue weighted by Gasteiger charge is -2.22. The van der Waals surface area contributed by atoms with Crippen molar-refractivity contribution >= 4 is 11.9 Å². The van der Waals surface area contributed by atoms with Gasteiger partial charge in [-0.15, -0.1) is 0 Å². The largest absolute Gasteiger partial charge is 0.466 e. The Hall–Kier alpha value is -1.66. The highest BCUT2D eigenvalue weighted by Gasteiger charge is 2.20. The van der Waals surface area contributed by atoms with Gasteiger partial charge in [0, 0.05) is 12.8 Å². The molecule has 0 radical (unpaired) electrons. The number of allylic oxidation sites excluding steroid dienone is 4. The molecule has 0 saturated heterocycles. The molecule has 0 rings (SSSR count). The average Bonchev–Trinajstić information content (AvgIpc) is 3.18. The fourth-order valence-corrected chi connectivity index (χ4v) is 7.22. The molecule has 0 fully saturated rings. The first kappa shape index (κ1) is 53.3. The van der Waals surface area contributed by atoms with Crippen molar-refractivity contribution in [2.75, 3.05) is 13.2 Å². The van der Waals surface area contributed by atoms with E-state index in [2.05, 4.69) is 43.5 Å². The second-order valence-corrected chi connectivity index (χ2v) is 16.4. The maximum Gasteiger partial charge on any atom is 0.305 e. The fraction of sp³-hybridized carbons (Fsp3) is 0.878. The van der Waals surface area contributed by atoms with Crippen LogP contribution in [0, 0.1) is 0 Å². The van der Waals surface area contributed by atoms with Crippen LogP contribution in [-0.4, -0.2) is 47.4 Å². The minimum absolute atomic E-state index is 0.0435. The minimum Gasteiger partial charge on any atom is -0.466 e. The van der Waals surface area contributed by atoms with Gasteiger partial charge in [-0.1, -0.05) is 192 Å². The number of ether oxygens (including phenoxy) is 1. The highest BCUT2D eigenvalue weighted by Crippen LogP contribution is 2.15. The molecule has 324 valence electrons. The van der Waals surface area contributed by atoms with Crippen LogP contribution in [0.3, 0.4) is 0 Å². The van der Waals surface area contributed by atoms with Crippen molar-refractivity contribution in [3.63, 3.8) is 0 Å². The van der Waals surface area contributed by atoms with E-state index in [0.717, 1.165) is 70.6 Å². The summed E-state index contributed by atoms with van der Waals surface area (Å²) in [5.41, 5.74) is 0. The third kappa shape index (κ3) is 41.8. The number of aliphatic hydroxyl groups is 2. The summed E-state index contributed by atoms with van der Waals surface area (Å²) in [6.07, 6.45) is 51.4. The first-order valence-electron chi connectivity index (χ1n) is 24.1. The second-order valence-electron chi connectivity index (χ2n) is 16.4. The molecular weight excluding hydrogens is 683 g/mol. The summed E-state index contributed by atoms with van der Waals surface area (Å²) >= 11 is 0. The van der Waals surface area contributed by atoms with Crippen LogP contribution >= 0.6 is 0 Å². The first-order chi connectivity index (χ1) is 27.0. The Labute approximate surface area is 341 Å². The van der Waals surface area contributed by atoms with E-state index in [-0.39, 0.29) is 18.5 Å². The van der Waals surface area contributed by atoms with Gasteiger partial charge in [0.25, 0.3) is 0 Å². The Morgan fingerprint density at radius 1 is 0.491 bits per heavy atom. The van der Waals surface area contributed by atoms with Crippen molar-refractivity contribution in [3.8, 4) is 0 Å². The summed E-state index contributed by atoms with van der Waals surface area (Å²) in [4.78, 5) is 24.4. The van der Waals surface area contributed by atoms with Gasteiger partial charge in [0.05, 0.1) is 25.4 Å². The van der Waals surface area contributed by atoms with Crippen molar-refractivity contribution < 1.29 is 24.5 Å². The van der Waals surface area contributed by atoms with E-state index in [1.54, 1.807) is 0 Å². The Morgan fingerprint density at radius 3 is 1.33 bits per heavy atom. The molecule has 0 heterocycles. The van der Waals surface area contributed by atoms with Gasteiger partial charge in [-0.2, -0.15) is 0 Å². The van der Waals surface area contributed by atoms with E-state index in [4.69, 9.17) is 4.74 Å². The molecular formula is C49H93NO5. The van der Waals surface area contributed by atoms with Gasteiger partial charge in [-0.25, -0.2) is 0 Å². The normalized spacial score (nSPS) is 12.9. The lowest BCUT2D eigenvalue weighted by Crippen LogP contribution is -2.45. The summed E-state index contributed by atoms with van der Waals surface area (Å²) in [6, 6.07) is -0.578. The number of unbranched alkanes of at least 4 members (excludes halogenated alkanes) is 29. The molecule has 0 aliphatic carbocycles. The number of carbonyl (C=O) groups excluding carboxylic acids is 2. The molecule has 0 spiro atoms. The van der Waals surface area contributed by atoms with Gasteiger partial charge < -0.3 is 20.3 Å². The van der Waals surface area contributed by atoms with Gasteiger partial charge in [0.1, 0.15) is 0 Å². The molecule has 0 bridgehead atoms. The van der Waals surface area contributed by atoms with E-state index in [1.807, 2.05) is 0 Å². The van der Waals surface area contributed by atoms with Crippen molar-refractivity contribution in [1.29, 1.82) is 0 Å². The van der Waals surface area contributed by atoms with Crippen LogP contribution in [0.1, 0.15) is 251 Å². The molecule has 0 aromatic rings. The molecule has 55 heavy (non-hydrogen) atoms. The Bertz CT molecular complexity index is 858. The average molecular weight is 776 g/mol. The van der Waals surface area contributed by atoms with Crippen molar-refractivity contribution in [1.82, 2.24) is 5.32 Å². The molecule has 0 aliphatic rings. The summed E-state index contributed by atoms with van der Waals surface area (Å²) in [7, 11) is 0. The predicted octanol–water partition coefficient (Wildman–Crippen LogP) is 14.0. The zero-order valence-electron chi connectivity index (χ0n) is 36.7. The van der Waals surface area contributed by atoms with Gasteiger partial charge in [0.2, 0.25) is 5.91 Å². The quantitative estimate of drug-likeness (QED) is 0.0325. The summed E-state index contributed by atoms with van der Waals surface area (Å²) < 4.78 is 5.43. The van der Waals surface area contributed by atoms with Crippen LogP contribution in [-0.2, 0) is 14.3 Å². The molecule has 1 amide bonds. The molecule has 0 aromatic heterocycles. The monoisotopic (exact) mass is 776 g/mol. The van der Waals surface area contributed by atoms with E-state index in [1.165, 1.54) is 148 Å². The predicted molar refractivity (Wildman–Crippen MR) is 236 cm³/mol. The summed E-state index contributed by atoms with van der Waals surface area (Å²) in [5.74, 6) is -0.140. The van der Waals surface area contributed by atoms with Crippen molar-refractivity contribution in [2.45, 2.75) is 264 Å². The maximum atomic E-state index is 12.4. The van der Waals surface area contributed by atoms with Crippen molar-refractivity contribution in [2.24, 2.45) is 0 Å². The van der Waals surface area contributed by atoms with Gasteiger partial charge >= 0.3 is 5.97 Å². The third-order valence-corrected chi connectivity index (χ3v) is 11.0. The molecule has 0 aromatic carbocycles. The van der Waals surface area contributed by atoms with Crippen LogP contribution in [0.25, 0.3) is 0 Å². The molecule has 0 saturated carbocycles. The molecule has 6 heteroatoms. The summed E-state index contributed by atoms with van der Waals surface area (Å²) in [6.45, 7) is 4.84. The van der Waals surface area contributed by atoms with Crippen LogP contribution in [0.5, 0.6) is 0 Å². The lowest BCUT2D eigenvalue weighted by molar-refractivity contribution is -0.143. The van der Waals surface area contributed by atoms with E-state index in [9.17, 15) is 19.8 Å². The topological polar surface area (TPSA) is 95.9 Å². The Morgan fingerprint density at radius 2 is 0.873 bits per heavy atom. The third-order valence-electron chi connectivity index (χ3n) is 11.0. The standard InChI is InChI=1S/C49H93NO5/c1-3-5-7-9-11-13-15-17-18-19-21-23-27-31-35-39-43-49(54)55-44-40-36-32-28-24-26-30-34-38-42-48(53)50-46(45-51)47(52)41-37-33-29-25-22-20-16-14-12-10-8-6-4-2/h18-19,26,30,46-47,51-52H,3-17,20-25,27-29,31-45H2,1-2H3,(H,50,53)/b19-18-,30-26-. The van der Waals surface area contributed by atoms with Gasteiger partial charge in [-0.05, 0) is 70.6 Å². The smallest absolute Gasteiger partial charge is 0.305 e. The number of hydrogen-bond donors (Lipinski definition) is 3. The van der Waals surface area contributed by atoms with E-state index >= 15 is 0 Å². The SMILES string of the molecule is CCCCCCCCC/C=C\CCCCCCCC(=O)OCCCCCC/C=C\CCCC(=O)NC(CO)C(O)CCCCCCCCCCCCCCC. The van der Waals surface area contributed by atoms with Gasteiger partial charge in [0.15, 0.2) is 0 Å². The van der Waals surface area contributed by atoms with Crippen LogP contribution in [0.2, 0.25) is 0 Å². The number of carbonyl (C=O) groups is 2. The zero-order chi connectivity index (χ0) is 40.1. The highest BCUT2D eigenvalue weighted by molar-refractivity contribution is 5.76. The molecule has 2 unspecified atom stereocenters. The zero-order valence-corrected chi connectivity index (χ0v) is 36.7. The van der Waals surface area contributed by atoms with Crippen LogP contribution < -0.4 is 5.32 Å². The second kappa shape index (κ2) is 45.0. The number of nitrogens with one attached hydrogen (secondary N) is 1. The number of amides is 1. The number of esters is 1. The minimum atomic E-state index is -0.694. The number of hydrogen-bond acceptors (Lipinski definition) is 5. The van der Waals surface area contributed by atoms with Gasteiger partial charge in [-0.3, -0.25) is 9.59 Å². The number of rotatable bonds is 44. The molecule has 2 atom stereocenters. The van der Waals surface area contributed by atoms with E-state index in [0.29, 0.717) is 25.9 Å². The van der Waals surface area contributed by atoms with Crippen LogP contribution in [0.15, 0.2) is 24.3 Å². The van der Waals surface area contributed by atoms with E-state index < -0.39 is 12.1 Å². The van der Waals surface area contributed by atoms with Crippen molar-refractivity contribution in [3.05, 3.63) is 24.3 Å². The first-order valence-corrected chi connectivity index (χ1v) is 24.1. The summed E-state index contributed by atoms with van der Waals surface area (Å²) in [5, 5.41) is 23.1. The Balaban J connectivity index is 3.55. The molecule has 0 aliphatic heterocycles. The Kier molecular flexibility index (Phi) is 43.7. The maximum absolute atomic E-state index is 12.4. The molecule has 6 nitrogen and oxygen atoms in total. The number of aliphatic hydroxyl groups excluding tert-OH is 2. The lowest BCUT2D eigenvalue weighted by atomic mass is 10.0. The molecule has 3 N–H and O–H groups in total. The highest BCUT2D eigenvalue weighted by atomic mass is 16.5. The van der Waals surface area contributed by atoms with Crippen LogP contribution in [0.4, 0.5) is 0 Å².